The number of aryl methyl sites for hydroxylation is 1. The number of fused-ring (bicyclic) bond motifs is 1. The fourth-order valence-corrected chi connectivity index (χ4v) is 3.67. The molecule has 0 aliphatic carbocycles. The van der Waals surface area contributed by atoms with Crippen molar-refractivity contribution in [2.75, 3.05) is 24.4 Å². The van der Waals surface area contributed by atoms with Crippen LogP contribution in [-0.4, -0.2) is 25.1 Å². The number of rotatable bonds is 6. The van der Waals surface area contributed by atoms with Gasteiger partial charge in [0.25, 0.3) is 5.91 Å². The van der Waals surface area contributed by atoms with Gasteiger partial charge in [0.2, 0.25) is 0 Å². The number of nitrogens with one attached hydrogen (secondary N) is 1. The number of nitrogens with zero attached hydrogens (tertiary/aromatic N) is 2. The van der Waals surface area contributed by atoms with Crippen LogP contribution in [0.2, 0.25) is 0 Å². The molecule has 6 heteroatoms. The predicted molar refractivity (Wildman–Crippen MR) is 113 cm³/mol. The predicted octanol–water partition coefficient (Wildman–Crippen LogP) is 4.43. The second-order valence-electron chi connectivity index (χ2n) is 6.71. The van der Waals surface area contributed by atoms with Crippen LogP contribution in [-0.2, 0) is 6.42 Å². The Bertz CT molecular complexity index is 1050. The zero-order valence-electron chi connectivity index (χ0n) is 16.7. The molecule has 0 spiro atoms. The molecule has 1 atom stereocenters. The van der Waals surface area contributed by atoms with Crippen LogP contribution in [0.1, 0.15) is 34.7 Å². The van der Waals surface area contributed by atoms with E-state index in [0.29, 0.717) is 28.4 Å². The van der Waals surface area contributed by atoms with E-state index in [1.54, 1.807) is 43.5 Å². The summed E-state index contributed by atoms with van der Waals surface area (Å²) in [5.41, 5.74) is 4.03. The van der Waals surface area contributed by atoms with Crippen molar-refractivity contribution in [1.82, 2.24) is 4.98 Å². The van der Waals surface area contributed by atoms with E-state index < -0.39 is 6.17 Å². The van der Waals surface area contributed by atoms with Gasteiger partial charge in [0.05, 0.1) is 31.2 Å². The quantitative estimate of drug-likeness (QED) is 0.676. The molecule has 0 fully saturated rings. The van der Waals surface area contributed by atoms with Gasteiger partial charge in [0.1, 0.15) is 11.5 Å². The molecule has 3 aromatic rings. The van der Waals surface area contributed by atoms with Gasteiger partial charge in [-0.05, 0) is 42.3 Å². The molecule has 0 bridgehead atoms. The normalized spacial score (nSPS) is 15.2. The van der Waals surface area contributed by atoms with Crippen LogP contribution in [0.25, 0.3) is 0 Å². The summed E-state index contributed by atoms with van der Waals surface area (Å²) in [6.45, 7) is 2.11. The molecule has 0 radical (unpaired) electrons. The summed E-state index contributed by atoms with van der Waals surface area (Å²) in [5, 5.41) is 3.53. The molecule has 1 N–H and O–H groups in total. The molecule has 1 aliphatic rings. The minimum Gasteiger partial charge on any atom is -0.497 e. The third kappa shape index (κ3) is 3.27. The Morgan fingerprint density at radius 2 is 1.90 bits per heavy atom. The molecule has 29 heavy (non-hydrogen) atoms. The summed E-state index contributed by atoms with van der Waals surface area (Å²) in [6.07, 6.45) is 2.12. The van der Waals surface area contributed by atoms with Crippen LogP contribution in [0.15, 0.2) is 60.8 Å². The van der Waals surface area contributed by atoms with Gasteiger partial charge in [-0.3, -0.25) is 14.7 Å². The number of carbonyl (C=O) groups is 1. The zero-order valence-corrected chi connectivity index (χ0v) is 16.7. The van der Waals surface area contributed by atoms with Crippen LogP contribution in [0.3, 0.4) is 0 Å². The first-order chi connectivity index (χ1) is 14.2. The number of ether oxygens (including phenoxy) is 2. The summed E-state index contributed by atoms with van der Waals surface area (Å²) in [7, 11) is 3.19. The SMILES string of the molecule is CCc1ccccc1N[C@H]1c2ncccc2C(=O)N1c1cc(OC)ccc1OC. The molecule has 1 amide bonds. The van der Waals surface area contributed by atoms with E-state index in [9.17, 15) is 4.79 Å². The van der Waals surface area contributed by atoms with Crippen molar-refractivity contribution in [2.45, 2.75) is 19.5 Å². The monoisotopic (exact) mass is 389 g/mol. The van der Waals surface area contributed by atoms with Crippen LogP contribution >= 0.6 is 0 Å². The number of hydrogen-bond acceptors (Lipinski definition) is 5. The van der Waals surface area contributed by atoms with Gasteiger partial charge in [-0.15, -0.1) is 0 Å². The third-order valence-electron chi connectivity index (χ3n) is 5.14. The molecule has 0 saturated carbocycles. The average Bonchev–Trinajstić information content (AvgIpc) is 3.05. The Morgan fingerprint density at radius 3 is 2.66 bits per heavy atom. The second-order valence-corrected chi connectivity index (χ2v) is 6.71. The Morgan fingerprint density at radius 1 is 1.07 bits per heavy atom. The molecule has 1 aromatic heterocycles. The number of methoxy groups -OCH3 is 2. The maximum Gasteiger partial charge on any atom is 0.262 e. The van der Waals surface area contributed by atoms with Crippen molar-refractivity contribution in [3.8, 4) is 11.5 Å². The molecular formula is C23H23N3O3. The van der Waals surface area contributed by atoms with E-state index in [4.69, 9.17) is 9.47 Å². The van der Waals surface area contributed by atoms with Crippen LogP contribution in [0, 0.1) is 0 Å². The molecule has 0 unspecified atom stereocenters. The summed E-state index contributed by atoms with van der Waals surface area (Å²) >= 11 is 0. The van der Waals surface area contributed by atoms with Crippen LogP contribution in [0.5, 0.6) is 11.5 Å². The lowest BCUT2D eigenvalue weighted by Gasteiger charge is -2.28. The van der Waals surface area contributed by atoms with Crippen molar-refractivity contribution >= 4 is 17.3 Å². The molecule has 4 rings (SSSR count). The first-order valence-corrected chi connectivity index (χ1v) is 9.52. The third-order valence-corrected chi connectivity index (χ3v) is 5.14. The van der Waals surface area contributed by atoms with Crippen molar-refractivity contribution in [3.05, 3.63) is 77.6 Å². The summed E-state index contributed by atoms with van der Waals surface area (Å²) in [4.78, 5) is 19.6. The number of benzene rings is 2. The fourth-order valence-electron chi connectivity index (χ4n) is 3.67. The van der Waals surface area contributed by atoms with E-state index in [0.717, 1.165) is 12.1 Å². The van der Waals surface area contributed by atoms with Gasteiger partial charge in [-0.25, -0.2) is 0 Å². The molecule has 2 heterocycles. The maximum atomic E-state index is 13.4. The van der Waals surface area contributed by atoms with Gasteiger partial charge in [-0.1, -0.05) is 25.1 Å². The summed E-state index contributed by atoms with van der Waals surface area (Å²) in [5.74, 6) is 1.10. The number of anilines is 2. The highest BCUT2D eigenvalue weighted by molar-refractivity contribution is 6.11. The lowest BCUT2D eigenvalue weighted by Crippen LogP contribution is -2.33. The van der Waals surface area contributed by atoms with Gasteiger partial charge < -0.3 is 14.8 Å². The first-order valence-electron chi connectivity index (χ1n) is 9.52. The highest BCUT2D eigenvalue weighted by Crippen LogP contribution is 2.42. The van der Waals surface area contributed by atoms with Gasteiger partial charge >= 0.3 is 0 Å². The van der Waals surface area contributed by atoms with E-state index >= 15 is 0 Å². The van der Waals surface area contributed by atoms with Crippen LogP contribution in [0.4, 0.5) is 11.4 Å². The van der Waals surface area contributed by atoms with Crippen molar-refractivity contribution < 1.29 is 14.3 Å². The smallest absolute Gasteiger partial charge is 0.262 e. The molecule has 0 saturated heterocycles. The number of para-hydroxylation sites is 1. The summed E-state index contributed by atoms with van der Waals surface area (Å²) < 4.78 is 10.9. The number of aromatic nitrogens is 1. The topological polar surface area (TPSA) is 63.7 Å². The Balaban J connectivity index is 1.85. The Labute approximate surface area is 170 Å². The fraction of sp³-hybridized carbons (Fsp3) is 0.217. The number of pyridine rings is 1. The standard InChI is InChI=1S/C23H23N3O3/c1-4-15-8-5-6-10-18(15)25-22-21-17(9-7-13-24-21)23(27)26(22)19-14-16(28-2)11-12-20(19)29-3/h5-14,22,25H,4H2,1-3H3/t22-/m1/s1. The number of hydrogen-bond donors (Lipinski definition) is 1. The van der Waals surface area contributed by atoms with E-state index in [1.165, 1.54) is 5.56 Å². The number of amides is 1. The van der Waals surface area contributed by atoms with Gasteiger partial charge in [0, 0.05) is 18.0 Å². The average molecular weight is 389 g/mol. The molecule has 1 aliphatic heterocycles. The lowest BCUT2D eigenvalue weighted by atomic mass is 10.1. The van der Waals surface area contributed by atoms with Crippen molar-refractivity contribution in [3.63, 3.8) is 0 Å². The second kappa shape index (κ2) is 7.83. The van der Waals surface area contributed by atoms with E-state index in [1.807, 2.05) is 30.3 Å². The number of carbonyl (C=O) groups excluding carboxylic acids is 1. The molecule has 2 aromatic carbocycles. The minimum absolute atomic E-state index is 0.133. The molecule has 6 nitrogen and oxygen atoms in total. The Hall–Kier alpha value is -3.54. The zero-order chi connectivity index (χ0) is 20.4. The molecular weight excluding hydrogens is 366 g/mol. The van der Waals surface area contributed by atoms with E-state index in [-0.39, 0.29) is 5.91 Å². The maximum absolute atomic E-state index is 13.4. The van der Waals surface area contributed by atoms with Gasteiger partial charge in [-0.2, -0.15) is 0 Å². The highest BCUT2D eigenvalue weighted by atomic mass is 16.5. The van der Waals surface area contributed by atoms with Gasteiger partial charge in [0.15, 0.2) is 6.17 Å². The van der Waals surface area contributed by atoms with Crippen molar-refractivity contribution in [1.29, 1.82) is 0 Å². The highest BCUT2D eigenvalue weighted by Gasteiger charge is 2.40. The van der Waals surface area contributed by atoms with E-state index in [2.05, 4.69) is 23.3 Å². The Kier molecular flexibility index (Phi) is 5.08. The lowest BCUT2D eigenvalue weighted by molar-refractivity contribution is 0.0992. The largest absolute Gasteiger partial charge is 0.497 e. The van der Waals surface area contributed by atoms with Crippen LogP contribution < -0.4 is 19.7 Å². The minimum atomic E-state index is -0.465. The summed E-state index contributed by atoms with van der Waals surface area (Å²) in [6, 6.07) is 17.1. The van der Waals surface area contributed by atoms with Crippen molar-refractivity contribution in [2.24, 2.45) is 0 Å². The first kappa shape index (κ1) is 18.8. The molecule has 148 valence electrons.